The van der Waals surface area contributed by atoms with Crippen molar-refractivity contribution in [2.75, 3.05) is 14.2 Å². The molecule has 2 rings (SSSR count). The van der Waals surface area contributed by atoms with Crippen molar-refractivity contribution < 1.29 is 14.3 Å². The van der Waals surface area contributed by atoms with Crippen LogP contribution < -0.4 is 14.8 Å². The molecule has 0 aliphatic rings. The van der Waals surface area contributed by atoms with Gasteiger partial charge in [0, 0.05) is 13.1 Å². The summed E-state index contributed by atoms with van der Waals surface area (Å²) in [4.78, 5) is 16.6. The highest BCUT2D eigenvalue weighted by atomic mass is 16.6. The van der Waals surface area contributed by atoms with Crippen molar-refractivity contribution in [2.45, 2.75) is 0 Å². The van der Waals surface area contributed by atoms with Gasteiger partial charge in [-0.1, -0.05) is 0 Å². The lowest BCUT2D eigenvalue weighted by molar-refractivity contribution is 0.200. The second-order valence-electron chi connectivity index (χ2n) is 3.14. The highest BCUT2D eigenvalue weighted by Crippen LogP contribution is 2.22. The van der Waals surface area contributed by atoms with Crippen LogP contribution in [0.5, 0.6) is 11.8 Å². The van der Waals surface area contributed by atoms with Crippen molar-refractivity contribution in [2.24, 2.45) is 0 Å². The molecule has 2 aromatic heterocycles. The lowest BCUT2D eigenvalue weighted by Crippen LogP contribution is -2.23. The first-order chi connectivity index (χ1) is 8.74. The van der Waals surface area contributed by atoms with Gasteiger partial charge in [-0.15, -0.1) is 4.80 Å². The summed E-state index contributed by atoms with van der Waals surface area (Å²) in [5.74, 6) is 0.384. The first kappa shape index (κ1) is 11.8. The molecule has 1 amide bonds. The summed E-state index contributed by atoms with van der Waals surface area (Å²) in [6.45, 7) is 0. The normalized spacial score (nSPS) is 9.89. The number of nitrogens with one attached hydrogen (secondary N) is 1. The number of aromatic nitrogens is 4. The summed E-state index contributed by atoms with van der Waals surface area (Å²) in [6.07, 6.45) is 2.38. The predicted octanol–water partition coefficient (Wildman–Crippen LogP) is 0.389. The summed E-state index contributed by atoms with van der Waals surface area (Å²) in [6, 6.07) is 3.26. The van der Waals surface area contributed by atoms with E-state index < -0.39 is 6.09 Å². The molecule has 0 atom stereocenters. The summed E-state index contributed by atoms with van der Waals surface area (Å²) >= 11 is 0. The van der Waals surface area contributed by atoms with Gasteiger partial charge in [-0.3, -0.25) is 0 Å². The molecule has 0 unspecified atom stereocenters. The van der Waals surface area contributed by atoms with Crippen molar-refractivity contribution >= 4 is 6.09 Å². The standard InChI is InChI=1S/C10H11N5O3/c1-11-10(16)18-9-7(15-12-5-6-13-15)3-4-8(14-9)17-2/h3-6H,1-2H3,(H,11,16). The van der Waals surface area contributed by atoms with Crippen molar-refractivity contribution in [3.05, 3.63) is 24.5 Å². The largest absolute Gasteiger partial charge is 0.481 e. The summed E-state index contributed by atoms with van der Waals surface area (Å²) < 4.78 is 9.99. The Morgan fingerprint density at radius 2 is 2.06 bits per heavy atom. The van der Waals surface area contributed by atoms with Crippen LogP contribution in [-0.2, 0) is 0 Å². The van der Waals surface area contributed by atoms with Crippen LogP contribution in [0.2, 0.25) is 0 Å². The average Bonchev–Trinajstić information content (AvgIpc) is 2.92. The zero-order valence-corrected chi connectivity index (χ0v) is 9.82. The third kappa shape index (κ3) is 2.37. The Bertz CT molecular complexity index is 540. The number of hydrogen-bond donors (Lipinski definition) is 1. The molecular weight excluding hydrogens is 238 g/mol. The van der Waals surface area contributed by atoms with Crippen LogP contribution >= 0.6 is 0 Å². The first-order valence-corrected chi connectivity index (χ1v) is 5.06. The van der Waals surface area contributed by atoms with E-state index in [0.29, 0.717) is 11.6 Å². The summed E-state index contributed by atoms with van der Waals surface area (Å²) in [5, 5.41) is 10.2. The molecule has 0 saturated carbocycles. The van der Waals surface area contributed by atoms with E-state index in [-0.39, 0.29) is 5.88 Å². The maximum atomic E-state index is 11.2. The molecule has 0 saturated heterocycles. The molecule has 0 aliphatic carbocycles. The Labute approximate surface area is 103 Å². The third-order valence-electron chi connectivity index (χ3n) is 2.05. The number of ether oxygens (including phenoxy) is 2. The maximum absolute atomic E-state index is 11.2. The fourth-order valence-electron chi connectivity index (χ4n) is 1.24. The molecule has 2 heterocycles. The van der Waals surface area contributed by atoms with Gasteiger partial charge in [0.1, 0.15) is 5.69 Å². The van der Waals surface area contributed by atoms with E-state index in [9.17, 15) is 4.79 Å². The number of methoxy groups -OCH3 is 1. The fourth-order valence-corrected chi connectivity index (χ4v) is 1.24. The number of hydrogen-bond acceptors (Lipinski definition) is 6. The SMILES string of the molecule is CNC(=O)Oc1nc(OC)ccc1-n1nccn1. The van der Waals surface area contributed by atoms with Crippen molar-refractivity contribution in [1.82, 2.24) is 25.3 Å². The summed E-state index contributed by atoms with van der Waals surface area (Å²) in [7, 11) is 2.92. The van der Waals surface area contributed by atoms with Gasteiger partial charge in [-0.2, -0.15) is 15.2 Å². The minimum absolute atomic E-state index is 0.0601. The Morgan fingerprint density at radius 3 is 2.67 bits per heavy atom. The van der Waals surface area contributed by atoms with Crippen LogP contribution in [0.25, 0.3) is 5.69 Å². The molecule has 1 N–H and O–H groups in total. The molecule has 0 fully saturated rings. The van der Waals surface area contributed by atoms with Crippen molar-refractivity contribution in [1.29, 1.82) is 0 Å². The molecule has 8 heteroatoms. The Hall–Kier alpha value is -2.64. The van der Waals surface area contributed by atoms with Crippen molar-refractivity contribution in [3.8, 4) is 17.4 Å². The lowest BCUT2D eigenvalue weighted by Gasteiger charge is -2.08. The predicted molar refractivity (Wildman–Crippen MR) is 60.8 cm³/mol. The smallest absolute Gasteiger partial charge is 0.413 e. The Kier molecular flexibility index (Phi) is 3.37. The average molecular weight is 249 g/mol. The number of rotatable bonds is 3. The zero-order chi connectivity index (χ0) is 13.0. The molecule has 0 aliphatic heterocycles. The van der Waals surface area contributed by atoms with Gasteiger partial charge < -0.3 is 14.8 Å². The van der Waals surface area contributed by atoms with Crippen molar-refractivity contribution in [3.63, 3.8) is 0 Å². The molecule has 0 aromatic carbocycles. The highest BCUT2D eigenvalue weighted by Gasteiger charge is 2.14. The van der Waals surface area contributed by atoms with Crippen LogP contribution in [0.4, 0.5) is 4.79 Å². The number of amides is 1. The monoisotopic (exact) mass is 249 g/mol. The number of nitrogens with zero attached hydrogens (tertiary/aromatic N) is 4. The van der Waals surface area contributed by atoms with Gasteiger partial charge in [0.25, 0.3) is 5.88 Å². The zero-order valence-electron chi connectivity index (χ0n) is 9.82. The van der Waals surface area contributed by atoms with Crippen LogP contribution in [0, 0.1) is 0 Å². The van der Waals surface area contributed by atoms with Crippen LogP contribution in [0.15, 0.2) is 24.5 Å². The molecule has 0 bridgehead atoms. The van der Waals surface area contributed by atoms with E-state index in [4.69, 9.17) is 9.47 Å². The number of carbonyl (C=O) groups is 1. The van der Waals surface area contributed by atoms with Crippen LogP contribution in [-0.4, -0.2) is 40.2 Å². The highest BCUT2D eigenvalue weighted by molar-refractivity contribution is 5.70. The maximum Gasteiger partial charge on any atom is 0.413 e. The van der Waals surface area contributed by atoms with Gasteiger partial charge in [-0.25, -0.2) is 4.79 Å². The number of pyridine rings is 1. The minimum atomic E-state index is -0.635. The Morgan fingerprint density at radius 1 is 1.33 bits per heavy atom. The fraction of sp³-hybridized carbons (Fsp3) is 0.200. The van der Waals surface area contributed by atoms with E-state index in [1.807, 2.05) is 0 Å². The second-order valence-corrected chi connectivity index (χ2v) is 3.14. The minimum Gasteiger partial charge on any atom is -0.481 e. The topological polar surface area (TPSA) is 91.2 Å². The molecule has 0 spiro atoms. The van der Waals surface area contributed by atoms with E-state index in [1.165, 1.54) is 31.3 Å². The number of carbonyl (C=O) groups excluding carboxylic acids is 1. The van der Waals surface area contributed by atoms with Gasteiger partial charge in [0.15, 0.2) is 0 Å². The molecule has 2 aromatic rings. The van der Waals surface area contributed by atoms with E-state index in [0.717, 1.165) is 0 Å². The second kappa shape index (κ2) is 5.13. The van der Waals surface area contributed by atoms with Gasteiger partial charge in [-0.05, 0) is 6.07 Å². The van der Waals surface area contributed by atoms with Gasteiger partial charge in [0.2, 0.25) is 5.88 Å². The van der Waals surface area contributed by atoms with Gasteiger partial charge >= 0.3 is 6.09 Å². The van der Waals surface area contributed by atoms with Crippen LogP contribution in [0.1, 0.15) is 0 Å². The van der Waals surface area contributed by atoms with E-state index in [2.05, 4.69) is 20.5 Å². The molecule has 18 heavy (non-hydrogen) atoms. The molecule has 0 radical (unpaired) electrons. The van der Waals surface area contributed by atoms with E-state index in [1.54, 1.807) is 12.1 Å². The molecule has 94 valence electrons. The molecule has 8 nitrogen and oxygen atoms in total. The molecular formula is C10H11N5O3. The summed E-state index contributed by atoms with van der Waals surface area (Å²) in [5.41, 5.74) is 0.435. The Balaban J connectivity index is 2.42. The third-order valence-corrected chi connectivity index (χ3v) is 2.05. The first-order valence-electron chi connectivity index (χ1n) is 5.06. The van der Waals surface area contributed by atoms with Crippen LogP contribution in [0.3, 0.4) is 0 Å². The quantitative estimate of drug-likeness (QED) is 0.846. The lowest BCUT2D eigenvalue weighted by atomic mass is 10.4. The van der Waals surface area contributed by atoms with E-state index >= 15 is 0 Å². The van der Waals surface area contributed by atoms with Gasteiger partial charge in [0.05, 0.1) is 19.5 Å².